The number of aromatic nitrogens is 3. The van der Waals surface area contributed by atoms with E-state index in [0.29, 0.717) is 5.92 Å². The summed E-state index contributed by atoms with van der Waals surface area (Å²) in [7, 11) is 0. The summed E-state index contributed by atoms with van der Waals surface area (Å²) < 4.78 is 2.29. The van der Waals surface area contributed by atoms with Crippen molar-refractivity contribution in [2.75, 3.05) is 0 Å². The molecule has 0 aromatic carbocycles. The molecule has 0 atom stereocenters. The van der Waals surface area contributed by atoms with Crippen molar-refractivity contribution < 1.29 is 0 Å². The van der Waals surface area contributed by atoms with E-state index in [1.165, 1.54) is 18.7 Å². The molecule has 0 N–H and O–H groups in total. The Hall–Kier alpha value is -0.380. The molecule has 84 valence electrons. The summed E-state index contributed by atoms with van der Waals surface area (Å²) in [6.45, 7) is 5.51. The molecular formula is C11H18BrN3. The van der Waals surface area contributed by atoms with Gasteiger partial charge in [-0.2, -0.15) is 0 Å². The van der Waals surface area contributed by atoms with Crippen LogP contribution in [0.1, 0.15) is 38.3 Å². The predicted molar refractivity (Wildman–Crippen MR) is 63.9 cm³/mol. The summed E-state index contributed by atoms with van der Waals surface area (Å²) in [6.07, 6.45) is 3.86. The van der Waals surface area contributed by atoms with Crippen molar-refractivity contribution in [3.05, 3.63) is 11.6 Å². The highest BCUT2D eigenvalue weighted by molar-refractivity contribution is 9.08. The Kier molecular flexibility index (Phi) is 3.44. The topological polar surface area (TPSA) is 30.7 Å². The molecule has 1 aliphatic rings. The first-order valence-corrected chi connectivity index (χ1v) is 6.79. The minimum Gasteiger partial charge on any atom is -0.314 e. The smallest absolute Gasteiger partial charge is 0.143 e. The van der Waals surface area contributed by atoms with Gasteiger partial charge in [0.15, 0.2) is 0 Å². The quantitative estimate of drug-likeness (QED) is 0.772. The molecule has 0 radical (unpaired) electrons. The molecular weight excluding hydrogens is 254 g/mol. The van der Waals surface area contributed by atoms with Gasteiger partial charge in [0.05, 0.1) is 5.33 Å². The monoisotopic (exact) mass is 271 g/mol. The molecule has 0 aliphatic heterocycles. The van der Waals surface area contributed by atoms with Crippen LogP contribution in [-0.2, 0) is 18.3 Å². The van der Waals surface area contributed by atoms with Gasteiger partial charge in [-0.1, -0.05) is 29.8 Å². The Morgan fingerprint density at radius 2 is 2.00 bits per heavy atom. The van der Waals surface area contributed by atoms with Gasteiger partial charge in [0.2, 0.25) is 0 Å². The van der Waals surface area contributed by atoms with Crippen molar-refractivity contribution in [3.63, 3.8) is 0 Å². The highest BCUT2D eigenvalue weighted by Crippen LogP contribution is 2.32. The van der Waals surface area contributed by atoms with Crippen LogP contribution in [0, 0.1) is 11.8 Å². The van der Waals surface area contributed by atoms with E-state index in [4.69, 9.17) is 0 Å². The van der Waals surface area contributed by atoms with Gasteiger partial charge in [0.1, 0.15) is 11.6 Å². The third-order valence-corrected chi connectivity index (χ3v) is 3.24. The van der Waals surface area contributed by atoms with Crippen molar-refractivity contribution in [3.8, 4) is 0 Å². The fraction of sp³-hybridized carbons (Fsp3) is 0.818. The van der Waals surface area contributed by atoms with Gasteiger partial charge in [-0.05, 0) is 24.7 Å². The van der Waals surface area contributed by atoms with Crippen LogP contribution in [0.25, 0.3) is 0 Å². The van der Waals surface area contributed by atoms with Gasteiger partial charge in [-0.25, -0.2) is 0 Å². The first-order valence-electron chi connectivity index (χ1n) is 5.67. The number of hydrogen-bond acceptors (Lipinski definition) is 2. The molecule has 0 amide bonds. The zero-order valence-electron chi connectivity index (χ0n) is 9.41. The lowest BCUT2D eigenvalue weighted by atomic mass is 10.2. The first kappa shape index (κ1) is 11.1. The Balaban J connectivity index is 2.15. The molecule has 1 saturated carbocycles. The van der Waals surface area contributed by atoms with Crippen molar-refractivity contribution in [2.45, 2.75) is 45.0 Å². The maximum Gasteiger partial charge on any atom is 0.143 e. The summed E-state index contributed by atoms with van der Waals surface area (Å²) in [5.41, 5.74) is 0. The molecule has 4 heteroatoms. The maximum atomic E-state index is 4.30. The number of rotatable bonds is 5. The van der Waals surface area contributed by atoms with E-state index in [2.05, 4.69) is 44.5 Å². The average molecular weight is 272 g/mol. The second-order valence-corrected chi connectivity index (χ2v) is 5.38. The van der Waals surface area contributed by atoms with Gasteiger partial charge in [-0.3, -0.25) is 0 Å². The third kappa shape index (κ3) is 2.80. The Morgan fingerprint density at radius 3 is 2.53 bits per heavy atom. The second kappa shape index (κ2) is 4.64. The fourth-order valence-corrected chi connectivity index (χ4v) is 2.19. The van der Waals surface area contributed by atoms with E-state index in [0.717, 1.165) is 30.0 Å². The van der Waals surface area contributed by atoms with Crippen LogP contribution in [0.2, 0.25) is 0 Å². The van der Waals surface area contributed by atoms with E-state index >= 15 is 0 Å². The molecule has 1 fully saturated rings. The third-order valence-electron chi connectivity index (χ3n) is 2.74. The lowest BCUT2D eigenvalue weighted by molar-refractivity contribution is 0.493. The number of alkyl halides is 1. The molecule has 3 nitrogen and oxygen atoms in total. The zero-order valence-corrected chi connectivity index (χ0v) is 11.0. The van der Waals surface area contributed by atoms with E-state index in [1.54, 1.807) is 0 Å². The molecule has 1 aromatic heterocycles. The van der Waals surface area contributed by atoms with Crippen molar-refractivity contribution >= 4 is 15.9 Å². The number of nitrogens with zero attached hydrogens (tertiary/aromatic N) is 3. The van der Waals surface area contributed by atoms with E-state index < -0.39 is 0 Å². The molecule has 1 heterocycles. The summed E-state index contributed by atoms with van der Waals surface area (Å²) in [4.78, 5) is 0. The summed E-state index contributed by atoms with van der Waals surface area (Å²) in [5.74, 6) is 3.78. The SMILES string of the molecule is CC(C)Cn1c(CBr)nnc1CC1CC1. The number of halogens is 1. The van der Waals surface area contributed by atoms with Crippen LogP contribution in [0.3, 0.4) is 0 Å². The van der Waals surface area contributed by atoms with Crippen LogP contribution >= 0.6 is 15.9 Å². The average Bonchev–Trinajstić information content (AvgIpc) is 2.91. The lowest BCUT2D eigenvalue weighted by Crippen LogP contribution is -2.11. The van der Waals surface area contributed by atoms with Gasteiger partial charge in [-0.15, -0.1) is 10.2 Å². The first-order chi connectivity index (χ1) is 7.20. The minimum absolute atomic E-state index is 0.650. The van der Waals surface area contributed by atoms with Crippen LogP contribution in [0.4, 0.5) is 0 Å². The standard InChI is InChI=1S/C11H18BrN3/c1-8(2)7-15-10(5-9-3-4-9)13-14-11(15)6-12/h8-9H,3-7H2,1-2H3. The van der Waals surface area contributed by atoms with Crippen molar-refractivity contribution in [2.24, 2.45) is 11.8 Å². The van der Waals surface area contributed by atoms with E-state index in [1.807, 2.05) is 0 Å². The highest BCUT2D eigenvalue weighted by atomic mass is 79.9. The highest BCUT2D eigenvalue weighted by Gasteiger charge is 2.25. The summed E-state index contributed by atoms with van der Waals surface area (Å²) in [6, 6.07) is 0. The van der Waals surface area contributed by atoms with Gasteiger partial charge in [0, 0.05) is 13.0 Å². The van der Waals surface area contributed by atoms with Crippen LogP contribution in [0.5, 0.6) is 0 Å². The Bertz CT molecular complexity index is 329. The fourth-order valence-electron chi connectivity index (χ4n) is 1.78. The van der Waals surface area contributed by atoms with Crippen LogP contribution < -0.4 is 0 Å². The molecule has 1 aliphatic carbocycles. The van der Waals surface area contributed by atoms with Gasteiger partial charge >= 0.3 is 0 Å². The normalized spacial score (nSPS) is 16.3. The summed E-state index contributed by atoms with van der Waals surface area (Å²) in [5, 5.41) is 9.34. The molecule has 15 heavy (non-hydrogen) atoms. The number of hydrogen-bond donors (Lipinski definition) is 0. The van der Waals surface area contributed by atoms with Crippen molar-refractivity contribution in [1.29, 1.82) is 0 Å². The zero-order chi connectivity index (χ0) is 10.8. The minimum atomic E-state index is 0.650. The Morgan fingerprint density at radius 1 is 1.33 bits per heavy atom. The molecule has 0 bridgehead atoms. The Labute approximate surface area is 99.4 Å². The molecule has 0 spiro atoms. The van der Waals surface area contributed by atoms with Crippen molar-refractivity contribution in [1.82, 2.24) is 14.8 Å². The van der Waals surface area contributed by atoms with Gasteiger partial charge < -0.3 is 4.57 Å². The van der Waals surface area contributed by atoms with Gasteiger partial charge in [0.25, 0.3) is 0 Å². The molecule has 1 aromatic rings. The summed E-state index contributed by atoms with van der Waals surface area (Å²) >= 11 is 3.47. The van der Waals surface area contributed by atoms with Crippen LogP contribution in [0.15, 0.2) is 0 Å². The predicted octanol–water partition coefficient (Wildman–Crippen LogP) is 2.78. The molecule has 2 rings (SSSR count). The van der Waals surface area contributed by atoms with Crippen LogP contribution in [-0.4, -0.2) is 14.8 Å². The van der Waals surface area contributed by atoms with E-state index in [-0.39, 0.29) is 0 Å². The maximum absolute atomic E-state index is 4.30. The molecule has 0 unspecified atom stereocenters. The lowest BCUT2D eigenvalue weighted by Gasteiger charge is -2.11. The van der Waals surface area contributed by atoms with E-state index in [9.17, 15) is 0 Å². The molecule has 0 saturated heterocycles. The second-order valence-electron chi connectivity index (χ2n) is 4.82. The largest absolute Gasteiger partial charge is 0.314 e.